The molecule has 0 saturated carbocycles. The second-order valence-electron chi connectivity index (χ2n) is 7.12. The summed E-state index contributed by atoms with van der Waals surface area (Å²) in [6.45, 7) is 3.11. The molecular formula is C21H21N3O7S2. The van der Waals surface area contributed by atoms with Crippen molar-refractivity contribution in [1.82, 2.24) is 0 Å². The molecule has 0 radical (unpaired) electrons. The Bertz CT molecular complexity index is 1420. The summed E-state index contributed by atoms with van der Waals surface area (Å²) >= 11 is 0. The molecule has 0 heterocycles. The van der Waals surface area contributed by atoms with Crippen molar-refractivity contribution in [2.75, 3.05) is 16.6 Å². The number of nitrogens with zero attached hydrogens (tertiary/aromatic N) is 1. The number of non-ortho nitro benzene ring substituents is 1. The monoisotopic (exact) mass is 491 g/mol. The summed E-state index contributed by atoms with van der Waals surface area (Å²) in [6.07, 6.45) is 0. The van der Waals surface area contributed by atoms with Crippen LogP contribution >= 0.6 is 0 Å². The SMILES string of the molecule is COc1ccc(NS(=O)(=O)c2ccc(C)c(NS(=O)(=O)c3cc([N+](=O)[O-])ccc3C)c2)cc1. The number of sulfonamides is 2. The van der Waals surface area contributed by atoms with Gasteiger partial charge in [0.2, 0.25) is 0 Å². The van der Waals surface area contributed by atoms with Crippen LogP contribution in [0.1, 0.15) is 11.1 Å². The van der Waals surface area contributed by atoms with Crippen LogP contribution in [0.25, 0.3) is 0 Å². The molecule has 10 nitrogen and oxygen atoms in total. The summed E-state index contributed by atoms with van der Waals surface area (Å²) in [5.74, 6) is 0.557. The van der Waals surface area contributed by atoms with Gasteiger partial charge in [0.1, 0.15) is 5.75 Å². The first kappa shape index (κ1) is 24.0. The van der Waals surface area contributed by atoms with Crippen LogP contribution in [0.15, 0.2) is 70.5 Å². The Morgan fingerprint density at radius 3 is 2.06 bits per heavy atom. The highest BCUT2D eigenvalue weighted by molar-refractivity contribution is 7.93. The van der Waals surface area contributed by atoms with E-state index < -0.39 is 25.0 Å². The smallest absolute Gasteiger partial charge is 0.270 e. The van der Waals surface area contributed by atoms with Crippen molar-refractivity contribution in [3.05, 3.63) is 81.9 Å². The first-order valence-corrected chi connectivity index (χ1v) is 12.4. The molecule has 3 aromatic carbocycles. The van der Waals surface area contributed by atoms with Crippen molar-refractivity contribution in [3.63, 3.8) is 0 Å². The molecule has 174 valence electrons. The first-order valence-electron chi connectivity index (χ1n) is 9.48. The lowest BCUT2D eigenvalue weighted by molar-refractivity contribution is -0.385. The van der Waals surface area contributed by atoms with Crippen molar-refractivity contribution < 1.29 is 26.5 Å². The van der Waals surface area contributed by atoms with Gasteiger partial charge >= 0.3 is 0 Å². The Labute approximate surface area is 191 Å². The third-order valence-electron chi connectivity index (χ3n) is 4.78. The van der Waals surface area contributed by atoms with E-state index in [2.05, 4.69) is 9.44 Å². The van der Waals surface area contributed by atoms with E-state index in [9.17, 15) is 26.9 Å². The molecule has 0 atom stereocenters. The maximum Gasteiger partial charge on any atom is 0.270 e. The van der Waals surface area contributed by atoms with Gasteiger partial charge in [0, 0.05) is 17.8 Å². The fourth-order valence-electron chi connectivity index (χ4n) is 2.94. The van der Waals surface area contributed by atoms with Crippen LogP contribution in [0.3, 0.4) is 0 Å². The molecule has 33 heavy (non-hydrogen) atoms. The number of ether oxygens (including phenoxy) is 1. The summed E-state index contributed by atoms with van der Waals surface area (Å²) in [7, 11) is -6.78. The van der Waals surface area contributed by atoms with Gasteiger partial charge in [-0.1, -0.05) is 12.1 Å². The van der Waals surface area contributed by atoms with E-state index in [-0.39, 0.29) is 21.2 Å². The molecule has 12 heteroatoms. The number of nitro groups is 1. The Morgan fingerprint density at radius 1 is 0.818 bits per heavy atom. The van der Waals surface area contributed by atoms with Crippen LogP contribution in [0.5, 0.6) is 5.75 Å². The average molecular weight is 492 g/mol. The Morgan fingerprint density at radius 2 is 1.45 bits per heavy atom. The molecule has 0 fully saturated rings. The number of aryl methyl sites for hydroxylation is 2. The molecule has 3 rings (SSSR count). The number of benzene rings is 3. The van der Waals surface area contributed by atoms with Crippen LogP contribution in [0.2, 0.25) is 0 Å². The third kappa shape index (κ3) is 5.41. The minimum absolute atomic E-state index is 0.0264. The number of rotatable bonds is 8. The number of nitro benzene ring substituents is 1. The summed E-state index contributed by atoms with van der Waals surface area (Å²) in [6, 6.07) is 13.7. The molecule has 0 spiro atoms. The lowest BCUT2D eigenvalue weighted by Gasteiger charge is -2.14. The lowest BCUT2D eigenvalue weighted by Crippen LogP contribution is -2.17. The van der Waals surface area contributed by atoms with Crippen molar-refractivity contribution in [2.45, 2.75) is 23.6 Å². The summed E-state index contributed by atoms with van der Waals surface area (Å²) in [4.78, 5) is 9.92. The quantitative estimate of drug-likeness (QED) is 0.360. The molecule has 3 aromatic rings. The fourth-order valence-corrected chi connectivity index (χ4v) is 5.41. The van der Waals surface area contributed by atoms with Gasteiger partial charge in [-0.2, -0.15) is 0 Å². The largest absolute Gasteiger partial charge is 0.497 e. The van der Waals surface area contributed by atoms with Crippen LogP contribution < -0.4 is 14.2 Å². The number of methoxy groups -OCH3 is 1. The summed E-state index contributed by atoms with van der Waals surface area (Å²) < 4.78 is 61.4. The number of nitrogens with one attached hydrogen (secondary N) is 2. The molecule has 0 aromatic heterocycles. The van der Waals surface area contributed by atoms with Crippen LogP contribution in [-0.4, -0.2) is 28.9 Å². The van der Waals surface area contributed by atoms with Crippen LogP contribution in [0, 0.1) is 24.0 Å². The van der Waals surface area contributed by atoms with E-state index >= 15 is 0 Å². The molecule has 0 aliphatic rings. The predicted molar refractivity (Wildman–Crippen MR) is 124 cm³/mol. The Kier molecular flexibility index (Phi) is 6.60. The number of anilines is 2. The van der Waals surface area contributed by atoms with Crippen LogP contribution in [-0.2, 0) is 20.0 Å². The molecule has 0 saturated heterocycles. The van der Waals surface area contributed by atoms with Gasteiger partial charge in [0.15, 0.2) is 0 Å². The Balaban J connectivity index is 1.94. The van der Waals surface area contributed by atoms with Crippen molar-refractivity contribution >= 4 is 37.1 Å². The first-order chi connectivity index (χ1) is 15.4. The summed E-state index contributed by atoms with van der Waals surface area (Å²) in [5.41, 5.74) is 0.711. The molecule has 2 N–H and O–H groups in total. The minimum Gasteiger partial charge on any atom is -0.497 e. The Hall–Kier alpha value is -3.64. The van der Waals surface area contributed by atoms with Crippen molar-refractivity contribution in [3.8, 4) is 5.75 Å². The van der Waals surface area contributed by atoms with Gasteiger partial charge in [-0.15, -0.1) is 0 Å². The van der Waals surface area contributed by atoms with Gasteiger partial charge in [-0.3, -0.25) is 19.6 Å². The van der Waals surface area contributed by atoms with Gasteiger partial charge in [0.05, 0.1) is 27.5 Å². The zero-order valence-corrected chi connectivity index (χ0v) is 19.5. The topological polar surface area (TPSA) is 145 Å². The molecule has 0 unspecified atom stereocenters. The maximum absolute atomic E-state index is 13.0. The highest BCUT2D eigenvalue weighted by Crippen LogP contribution is 2.28. The van der Waals surface area contributed by atoms with Gasteiger partial charge in [0.25, 0.3) is 25.7 Å². The minimum atomic E-state index is -4.23. The second-order valence-corrected chi connectivity index (χ2v) is 10.5. The lowest BCUT2D eigenvalue weighted by atomic mass is 10.2. The summed E-state index contributed by atoms with van der Waals surface area (Å²) in [5, 5.41) is 11.1. The fraction of sp³-hybridized carbons (Fsp3) is 0.143. The number of hydrogen-bond acceptors (Lipinski definition) is 7. The third-order valence-corrected chi connectivity index (χ3v) is 7.66. The molecule has 0 aliphatic carbocycles. The standard InChI is InChI=1S/C21H21N3O7S2/c1-14-5-11-19(32(27,28)22-16-6-9-18(31-3)10-7-16)13-20(14)23-33(29,30)21-12-17(24(25)26)8-4-15(21)2/h4-13,22-23H,1-3H3. The van der Waals surface area contributed by atoms with Gasteiger partial charge < -0.3 is 4.74 Å². The van der Waals surface area contributed by atoms with E-state index in [0.717, 1.165) is 6.07 Å². The predicted octanol–water partition coefficient (Wildman–Crippen LogP) is 3.82. The zero-order valence-electron chi connectivity index (χ0n) is 17.9. The van der Waals surface area contributed by atoms with E-state index in [1.54, 1.807) is 19.1 Å². The molecule has 0 amide bonds. The zero-order chi connectivity index (χ0) is 24.4. The van der Waals surface area contributed by atoms with Crippen molar-refractivity contribution in [1.29, 1.82) is 0 Å². The van der Waals surface area contributed by atoms with Gasteiger partial charge in [-0.05, 0) is 61.4 Å². The van der Waals surface area contributed by atoms with Gasteiger partial charge in [-0.25, -0.2) is 16.8 Å². The van der Waals surface area contributed by atoms with Crippen molar-refractivity contribution in [2.24, 2.45) is 0 Å². The highest BCUT2D eigenvalue weighted by atomic mass is 32.2. The average Bonchev–Trinajstić information content (AvgIpc) is 2.75. The molecule has 0 aliphatic heterocycles. The molecular weight excluding hydrogens is 470 g/mol. The van der Waals surface area contributed by atoms with E-state index in [4.69, 9.17) is 4.74 Å². The second kappa shape index (κ2) is 9.08. The normalized spacial score (nSPS) is 11.6. The van der Waals surface area contributed by atoms with Crippen LogP contribution in [0.4, 0.5) is 17.1 Å². The highest BCUT2D eigenvalue weighted by Gasteiger charge is 2.23. The molecule has 0 bridgehead atoms. The number of hydrogen-bond donors (Lipinski definition) is 2. The van der Waals surface area contributed by atoms with E-state index in [1.165, 1.54) is 56.5 Å². The van der Waals surface area contributed by atoms with E-state index in [0.29, 0.717) is 22.6 Å². The maximum atomic E-state index is 13.0. The van der Waals surface area contributed by atoms with E-state index in [1.807, 2.05) is 0 Å².